The van der Waals surface area contributed by atoms with Crippen LogP contribution in [0.5, 0.6) is 5.75 Å². The Balaban J connectivity index is 2.27. The van der Waals surface area contributed by atoms with Gasteiger partial charge in [0.05, 0.1) is 18.5 Å². The maximum Gasteiger partial charge on any atom is 0.412 e. The zero-order valence-electron chi connectivity index (χ0n) is 16.3. The summed E-state index contributed by atoms with van der Waals surface area (Å²) in [5.74, 6) is 0.451. The highest BCUT2D eigenvalue weighted by Crippen LogP contribution is 2.40. The number of likely N-dealkylation sites (N-methyl/N-ethyl adjacent to an activating group) is 1. The third-order valence-corrected chi connectivity index (χ3v) is 4.26. The highest BCUT2D eigenvalue weighted by molar-refractivity contribution is 5.90. The first kappa shape index (κ1) is 20.0. The van der Waals surface area contributed by atoms with Crippen LogP contribution in [0.3, 0.4) is 0 Å². The van der Waals surface area contributed by atoms with Crippen molar-refractivity contribution in [3.05, 3.63) is 17.0 Å². The average molecular weight is 364 g/mol. The van der Waals surface area contributed by atoms with Crippen LogP contribution in [-0.2, 0) is 4.74 Å². The van der Waals surface area contributed by atoms with Crippen LogP contribution in [0.25, 0.3) is 0 Å². The van der Waals surface area contributed by atoms with Crippen LogP contribution in [0, 0.1) is 4.91 Å². The van der Waals surface area contributed by atoms with Crippen LogP contribution in [0.2, 0.25) is 0 Å². The Hall–Kier alpha value is -2.35. The number of rotatable bonds is 5. The Kier molecular flexibility index (Phi) is 6.07. The summed E-state index contributed by atoms with van der Waals surface area (Å²) in [4.78, 5) is 27.7. The number of methoxy groups -OCH3 is 1. The number of anilines is 2. The Morgan fingerprint density at radius 1 is 1.35 bits per heavy atom. The monoisotopic (exact) mass is 364 g/mol. The standard InChI is InChI=1S/C18H28N4O4/c1-18(2,3)26-17(23)19-14-9-13(20-24)15(10-16(14)25-6)22-8-7-12(11-22)21(4)5/h9-10,12H,7-8,11H2,1-6H3,(H,19,23). The molecular weight excluding hydrogens is 336 g/mol. The minimum Gasteiger partial charge on any atom is -0.494 e. The lowest BCUT2D eigenvalue weighted by Gasteiger charge is -2.24. The lowest BCUT2D eigenvalue weighted by atomic mass is 10.2. The van der Waals surface area contributed by atoms with E-state index in [2.05, 4.69) is 20.3 Å². The molecule has 1 unspecified atom stereocenters. The molecular formula is C18H28N4O4. The fourth-order valence-corrected chi connectivity index (χ4v) is 2.95. The van der Waals surface area contributed by atoms with Gasteiger partial charge in [-0.1, -0.05) is 0 Å². The first-order valence-corrected chi connectivity index (χ1v) is 8.61. The molecule has 1 amide bonds. The van der Waals surface area contributed by atoms with E-state index in [1.807, 2.05) is 14.1 Å². The number of nitroso groups, excluding NO2 is 1. The van der Waals surface area contributed by atoms with E-state index in [9.17, 15) is 9.70 Å². The number of carbonyl (C=O) groups is 1. The van der Waals surface area contributed by atoms with Gasteiger partial charge < -0.3 is 19.3 Å². The topological polar surface area (TPSA) is 83.5 Å². The number of amides is 1. The van der Waals surface area contributed by atoms with Crippen molar-refractivity contribution in [1.82, 2.24) is 4.90 Å². The largest absolute Gasteiger partial charge is 0.494 e. The zero-order chi connectivity index (χ0) is 19.5. The molecule has 2 rings (SSSR count). The molecule has 1 atom stereocenters. The molecule has 0 saturated carbocycles. The fraction of sp³-hybridized carbons (Fsp3) is 0.611. The summed E-state index contributed by atoms with van der Waals surface area (Å²) in [6.07, 6.45) is 0.389. The molecule has 1 fully saturated rings. The van der Waals surface area contributed by atoms with E-state index in [0.29, 0.717) is 23.2 Å². The Morgan fingerprint density at radius 2 is 2.04 bits per heavy atom. The van der Waals surface area contributed by atoms with Crippen molar-refractivity contribution in [2.45, 2.75) is 38.8 Å². The van der Waals surface area contributed by atoms with Crippen molar-refractivity contribution in [2.24, 2.45) is 5.18 Å². The smallest absolute Gasteiger partial charge is 0.412 e. The normalized spacial score (nSPS) is 17.3. The van der Waals surface area contributed by atoms with Gasteiger partial charge in [0.15, 0.2) is 0 Å². The zero-order valence-corrected chi connectivity index (χ0v) is 16.3. The van der Waals surface area contributed by atoms with Gasteiger partial charge in [-0.2, -0.15) is 0 Å². The van der Waals surface area contributed by atoms with Gasteiger partial charge in [0.2, 0.25) is 0 Å². The minimum absolute atomic E-state index is 0.260. The molecule has 1 heterocycles. The maximum atomic E-state index is 12.0. The van der Waals surface area contributed by atoms with Gasteiger partial charge in [0, 0.05) is 25.2 Å². The molecule has 1 aromatic rings. The maximum absolute atomic E-state index is 12.0. The van der Waals surface area contributed by atoms with Crippen LogP contribution in [0.15, 0.2) is 17.3 Å². The third-order valence-electron chi connectivity index (χ3n) is 4.26. The first-order chi connectivity index (χ1) is 12.1. The second-order valence-electron chi connectivity index (χ2n) is 7.61. The number of carbonyl (C=O) groups excluding carboxylic acids is 1. The van der Waals surface area contributed by atoms with Crippen LogP contribution in [0.1, 0.15) is 27.2 Å². The SMILES string of the molecule is COc1cc(N2CCC(N(C)C)C2)c(N=O)cc1NC(=O)OC(C)(C)C. The lowest BCUT2D eigenvalue weighted by Crippen LogP contribution is -2.31. The van der Waals surface area contributed by atoms with E-state index < -0.39 is 11.7 Å². The van der Waals surface area contributed by atoms with Crippen LogP contribution < -0.4 is 15.0 Å². The number of ether oxygens (including phenoxy) is 2. The molecule has 0 bridgehead atoms. The molecule has 0 spiro atoms. The van der Waals surface area contributed by atoms with Crippen molar-refractivity contribution in [3.8, 4) is 5.75 Å². The number of nitrogens with one attached hydrogen (secondary N) is 1. The summed E-state index contributed by atoms with van der Waals surface area (Å²) in [6, 6.07) is 3.68. The number of hydrogen-bond acceptors (Lipinski definition) is 7. The summed E-state index contributed by atoms with van der Waals surface area (Å²) < 4.78 is 10.7. The molecule has 144 valence electrons. The number of hydrogen-bond donors (Lipinski definition) is 1. The summed E-state index contributed by atoms with van der Waals surface area (Å²) in [5, 5.41) is 5.78. The van der Waals surface area contributed by atoms with Gasteiger partial charge in [-0.3, -0.25) is 5.32 Å². The molecule has 8 heteroatoms. The molecule has 8 nitrogen and oxygen atoms in total. The van der Waals surface area contributed by atoms with Crippen molar-refractivity contribution in [3.63, 3.8) is 0 Å². The van der Waals surface area contributed by atoms with Gasteiger partial charge in [-0.25, -0.2) is 4.79 Å². The lowest BCUT2D eigenvalue weighted by molar-refractivity contribution is 0.0635. The Morgan fingerprint density at radius 3 is 2.54 bits per heavy atom. The summed E-state index contributed by atoms with van der Waals surface area (Å²) in [7, 11) is 5.60. The van der Waals surface area contributed by atoms with Crippen molar-refractivity contribution >= 4 is 23.2 Å². The van der Waals surface area contributed by atoms with Gasteiger partial charge in [0.25, 0.3) is 0 Å². The van der Waals surface area contributed by atoms with Crippen LogP contribution >= 0.6 is 0 Å². The van der Waals surface area contributed by atoms with E-state index in [1.54, 1.807) is 26.8 Å². The van der Waals surface area contributed by atoms with E-state index in [0.717, 1.165) is 19.5 Å². The van der Waals surface area contributed by atoms with Gasteiger partial charge in [0.1, 0.15) is 17.0 Å². The highest BCUT2D eigenvalue weighted by Gasteiger charge is 2.27. The Bertz CT molecular complexity index is 670. The second kappa shape index (κ2) is 7.90. The highest BCUT2D eigenvalue weighted by atomic mass is 16.6. The van der Waals surface area contributed by atoms with E-state index in [-0.39, 0.29) is 5.69 Å². The summed E-state index contributed by atoms with van der Waals surface area (Å²) in [6.45, 7) is 6.96. The molecule has 0 aromatic heterocycles. The molecule has 1 aliphatic heterocycles. The number of benzene rings is 1. The van der Waals surface area contributed by atoms with Gasteiger partial charge in [-0.05, 0) is 52.5 Å². The minimum atomic E-state index is -0.625. The third kappa shape index (κ3) is 4.85. The first-order valence-electron chi connectivity index (χ1n) is 8.61. The predicted molar refractivity (Wildman–Crippen MR) is 103 cm³/mol. The molecule has 0 radical (unpaired) electrons. The van der Waals surface area contributed by atoms with Crippen molar-refractivity contribution in [2.75, 3.05) is 44.5 Å². The second-order valence-corrected chi connectivity index (χ2v) is 7.61. The summed E-state index contributed by atoms with van der Waals surface area (Å²) in [5.41, 5.74) is 0.690. The van der Waals surface area contributed by atoms with Crippen LogP contribution in [0.4, 0.5) is 21.9 Å². The quantitative estimate of drug-likeness (QED) is 0.804. The molecule has 1 N–H and O–H groups in total. The fourth-order valence-electron chi connectivity index (χ4n) is 2.95. The van der Waals surface area contributed by atoms with Crippen molar-refractivity contribution in [1.29, 1.82) is 0 Å². The summed E-state index contributed by atoms with van der Waals surface area (Å²) >= 11 is 0. The van der Waals surface area contributed by atoms with Gasteiger partial charge >= 0.3 is 6.09 Å². The van der Waals surface area contributed by atoms with E-state index in [1.165, 1.54) is 13.2 Å². The predicted octanol–water partition coefficient (Wildman–Crippen LogP) is 3.58. The van der Waals surface area contributed by atoms with Crippen molar-refractivity contribution < 1.29 is 14.3 Å². The molecule has 1 aromatic carbocycles. The average Bonchev–Trinajstić information content (AvgIpc) is 3.02. The molecule has 26 heavy (non-hydrogen) atoms. The van der Waals surface area contributed by atoms with Crippen LogP contribution in [-0.4, -0.2) is 56.9 Å². The van der Waals surface area contributed by atoms with Gasteiger partial charge in [-0.15, -0.1) is 4.91 Å². The molecule has 1 aliphatic rings. The molecule has 0 aliphatic carbocycles. The van der Waals surface area contributed by atoms with E-state index in [4.69, 9.17) is 9.47 Å². The Labute approximate surface area is 154 Å². The number of nitrogens with zero attached hydrogens (tertiary/aromatic N) is 3. The van der Waals surface area contributed by atoms with E-state index >= 15 is 0 Å². The molecule has 1 saturated heterocycles.